The Labute approximate surface area is 135 Å². The van der Waals surface area contributed by atoms with Crippen molar-refractivity contribution >= 4 is 28.9 Å². The number of rotatable bonds is 3. The zero-order valence-electron chi connectivity index (χ0n) is 13.2. The summed E-state index contributed by atoms with van der Waals surface area (Å²) in [4.78, 5) is 15.3. The van der Waals surface area contributed by atoms with Gasteiger partial charge in [0, 0.05) is 6.92 Å². The van der Waals surface area contributed by atoms with Gasteiger partial charge in [0.15, 0.2) is 11.7 Å². The first kappa shape index (κ1) is 15.1. The van der Waals surface area contributed by atoms with E-state index in [0.29, 0.717) is 5.57 Å². The molecule has 5 heteroatoms. The van der Waals surface area contributed by atoms with Gasteiger partial charge in [-0.25, -0.2) is 0 Å². The van der Waals surface area contributed by atoms with E-state index in [1.165, 1.54) is 6.92 Å². The third-order valence-electron chi connectivity index (χ3n) is 4.23. The molecule has 116 valence electrons. The van der Waals surface area contributed by atoms with E-state index in [0.717, 1.165) is 16.6 Å². The van der Waals surface area contributed by atoms with Crippen molar-refractivity contribution in [1.82, 2.24) is 0 Å². The van der Waals surface area contributed by atoms with Crippen molar-refractivity contribution in [1.29, 1.82) is 0 Å². The molecule has 0 saturated heterocycles. The van der Waals surface area contributed by atoms with Crippen LogP contribution in [0.15, 0.2) is 72.1 Å². The standard InChI is InChI=1S/C18H19BN2O2/c1-13-17(14(2)22)18(20)23-19(21-13,15-9-5-3-6-10-15)16-11-7-4-8-12-16/h3-12,21H,20H2,1-2H3. The Hall–Kier alpha value is -2.82. The summed E-state index contributed by atoms with van der Waals surface area (Å²) in [5, 5.41) is 0. The van der Waals surface area contributed by atoms with E-state index >= 15 is 0 Å². The lowest BCUT2D eigenvalue weighted by atomic mass is 9.42. The zero-order valence-corrected chi connectivity index (χ0v) is 13.2. The highest BCUT2D eigenvalue weighted by Crippen LogP contribution is 2.12. The number of nitrogens with one attached hydrogen (secondary N) is 1. The number of carbonyl (C=O) groups excluding carboxylic acids is 1. The second kappa shape index (κ2) is 5.76. The Morgan fingerprint density at radius 3 is 1.87 bits per heavy atom. The lowest BCUT2D eigenvalue weighted by molar-refractivity contribution is -0.324. The quantitative estimate of drug-likeness (QED) is 0.757. The van der Waals surface area contributed by atoms with Crippen LogP contribution in [0.5, 0.6) is 0 Å². The van der Waals surface area contributed by atoms with Crippen LogP contribution in [-0.2, 0) is 9.45 Å². The Morgan fingerprint density at radius 2 is 1.48 bits per heavy atom. The predicted molar refractivity (Wildman–Crippen MR) is 92.5 cm³/mol. The van der Waals surface area contributed by atoms with Gasteiger partial charge in [0.05, 0.1) is 0 Å². The minimum atomic E-state index is -1.77. The highest BCUT2D eigenvalue weighted by atomic mass is 16.5. The monoisotopic (exact) mass is 306 g/mol. The summed E-state index contributed by atoms with van der Waals surface area (Å²) in [6.07, 6.45) is 0. The topological polar surface area (TPSA) is 66.3 Å². The average Bonchev–Trinajstić information content (AvgIpc) is 2.55. The minimum Gasteiger partial charge on any atom is -0.639 e. The molecule has 23 heavy (non-hydrogen) atoms. The molecular weight excluding hydrogens is 287 g/mol. The number of benzene rings is 2. The van der Waals surface area contributed by atoms with Crippen LogP contribution in [0.4, 0.5) is 0 Å². The van der Waals surface area contributed by atoms with Crippen LogP contribution in [0, 0.1) is 0 Å². The molecule has 1 aliphatic heterocycles. The zero-order chi connectivity index (χ0) is 16.4. The number of Topliss-reactive ketones (excluding diaryl/α,β-unsaturated/α-hetero) is 1. The molecule has 1 heterocycles. The van der Waals surface area contributed by atoms with Crippen LogP contribution < -0.4 is 21.6 Å². The fraction of sp³-hybridized carbons (Fsp3) is 0.111. The van der Waals surface area contributed by atoms with Gasteiger partial charge in [-0.05, 0) is 6.92 Å². The fourth-order valence-corrected chi connectivity index (χ4v) is 3.22. The smallest absolute Gasteiger partial charge is 0.507 e. The molecule has 0 aliphatic carbocycles. The summed E-state index contributed by atoms with van der Waals surface area (Å²) in [6, 6.07) is 19.8. The molecule has 4 nitrogen and oxygen atoms in total. The molecule has 3 rings (SSSR count). The Balaban J connectivity index is 2.24. The summed E-state index contributed by atoms with van der Waals surface area (Å²) in [5.74, 6) is 0.0551. The lowest BCUT2D eigenvalue weighted by Gasteiger charge is -2.37. The SMILES string of the molecule is CC(=O)C1=C(N)O[B-](c2ccccc2)(c2ccccc2)[NH+]=C1C. The van der Waals surface area contributed by atoms with E-state index in [9.17, 15) is 4.79 Å². The van der Waals surface area contributed by atoms with Crippen molar-refractivity contribution in [3.8, 4) is 0 Å². The second-order valence-corrected chi connectivity index (χ2v) is 5.79. The molecule has 0 bridgehead atoms. The number of hydrogen-bond acceptors (Lipinski definition) is 3. The van der Waals surface area contributed by atoms with Crippen molar-refractivity contribution in [3.05, 3.63) is 72.1 Å². The van der Waals surface area contributed by atoms with E-state index in [2.05, 4.69) is 4.90 Å². The number of ketones is 1. The van der Waals surface area contributed by atoms with Gasteiger partial charge in [-0.15, -0.1) is 0 Å². The minimum absolute atomic E-state index is 0.113. The Morgan fingerprint density at radius 1 is 1.00 bits per heavy atom. The molecule has 0 fully saturated rings. The van der Waals surface area contributed by atoms with Crippen molar-refractivity contribution in [2.24, 2.45) is 5.73 Å². The maximum absolute atomic E-state index is 11.8. The largest absolute Gasteiger partial charge is 0.639 e. The van der Waals surface area contributed by atoms with Crippen molar-refractivity contribution in [3.63, 3.8) is 0 Å². The highest BCUT2D eigenvalue weighted by molar-refractivity contribution is 6.91. The van der Waals surface area contributed by atoms with Gasteiger partial charge in [-0.1, -0.05) is 71.6 Å². The van der Waals surface area contributed by atoms with Gasteiger partial charge >= 0.3 is 6.48 Å². The number of carbonyl (C=O) groups is 1. The first-order valence-corrected chi connectivity index (χ1v) is 7.62. The maximum atomic E-state index is 11.8. The van der Waals surface area contributed by atoms with Crippen LogP contribution in [0.1, 0.15) is 13.8 Å². The van der Waals surface area contributed by atoms with Crippen molar-refractivity contribution < 1.29 is 14.4 Å². The Bertz CT molecular complexity index is 759. The van der Waals surface area contributed by atoms with Crippen LogP contribution >= 0.6 is 0 Å². The van der Waals surface area contributed by atoms with Gasteiger partial charge in [-0.3, -0.25) is 4.79 Å². The van der Waals surface area contributed by atoms with E-state index in [1.54, 1.807) is 0 Å². The first-order valence-electron chi connectivity index (χ1n) is 7.62. The molecule has 0 saturated carbocycles. The van der Waals surface area contributed by atoms with Gasteiger partial charge in [0.2, 0.25) is 0 Å². The summed E-state index contributed by atoms with van der Waals surface area (Å²) < 4.78 is 6.16. The molecule has 0 amide bonds. The first-order chi connectivity index (χ1) is 11.0. The van der Waals surface area contributed by atoms with E-state index < -0.39 is 6.48 Å². The summed E-state index contributed by atoms with van der Waals surface area (Å²) >= 11 is 0. The summed E-state index contributed by atoms with van der Waals surface area (Å²) in [5.41, 5.74) is 9.21. The Kier molecular flexibility index (Phi) is 3.78. The average molecular weight is 306 g/mol. The highest BCUT2D eigenvalue weighted by Gasteiger charge is 2.45. The second-order valence-electron chi connectivity index (χ2n) is 5.79. The lowest BCUT2D eigenvalue weighted by Crippen LogP contribution is -3.02. The molecule has 0 aromatic heterocycles. The molecule has 2 aromatic carbocycles. The van der Waals surface area contributed by atoms with Crippen LogP contribution in [0.2, 0.25) is 0 Å². The normalized spacial score (nSPS) is 16.5. The summed E-state index contributed by atoms with van der Waals surface area (Å²) in [7, 11) is 0. The van der Waals surface area contributed by atoms with Crippen LogP contribution in [0.3, 0.4) is 0 Å². The van der Waals surface area contributed by atoms with Crippen molar-refractivity contribution in [2.75, 3.05) is 0 Å². The molecule has 1 aliphatic rings. The van der Waals surface area contributed by atoms with Crippen LogP contribution in [-0.4, -0.2) is 18.0 Å². The van der Waals surface area contributed by atoms with Crippen molar-refractivity contribution in [2.45, 2.75) is 13.8 Å². The van der Waals surface area contributed by atoms with E-state index in [1.807, 2.05) is 67.6 Å². The molecule has 0 unspecified atom stereocenters. The molecule has 0 radical (unpaired) electrons. The number of allylic oxidation sites excluding steroid dienone is 1. The molecule has 2 aromatic rings. The fourth-order valence-electron chi connectivity index (χ4n) is 3.22. The predicted octanol–water partition coefficient (Wildman–Crippen LogP) is -0.426. The number of hydrogen-bond donors (Lipinski definition) is 2. The third-order valence-corrected chi connectivity index (χ3v) is 4.23. The molecule has 0 spiro atoms. The number of nitrogens with two attached hydrogens (primary N) is 1. The van der Waals surface area contributed by atoms with Gasteiger partial charge < -0.3 is 15.3 Å². The van der Waals surface area contributed by atoms with Gasteiger partial charge in [0.25, 0.3) is 0 Å². The molecular formula is C18H19BN2O2. The third kappa shape index (κ3) is 2.54. The maximum Gasteiger partial charge on any atom is 0.507 e. The van der Waals surface area contributed by atoms with Gasteiger partial charge in [0.1, 0.15) is 11.3 Å². The molecule has 0 atom stereocenters. The molecule has 3 N–H and O–H groups in total. The summed E-state index contributed by atoms with van der Waals surface area (Å²) in [6.45, 7) is 1.57. The van der Waals surface area contributed by atoms with E-state index in [-0.39, 0.29) is 11.7 Å². The van der Waals surface area contributed by atoms with E-state index in [4.69, 9.17) is 10.4 Å². The van der Waals surface area contributed by atoms with Gasteiger partial charge in [-0.2, -0.15) is 0 Å². The van der Waals surface area contributed by atoms with Crippen LogP contribution in [0.25, 0.3) is 0 Å².